The summed E-state index contributed by atoms with van der Waals surface area (Å²) in [5.41, 5.74) is -0.809. The summed E-state index contributed by atoms with van der Waals surface area (Å²) in [7, 11) is 0. The van der Waals surface area contributed by atoms with Gasteiger partial charge in [-0.25, -0.2) is 0 Å². The molecule has 1 N–H and O–H groups in total. The second-order valence-corrected chi connectivity index (χ2v) is 5.10. The fourth-order valence-corrected chi connectivity index (χ4v) is 2.89. The maximum absolute atomic E-state index is 12.6. The van der Waals surface area contributed by atoms with Crippen LogP contribution in [-0.2, 0) is 4.79 Å². The normalized spacial score (nSPS) is 40.6. The lowest BCUT2D eigenvalue weighted by molar-refractivity contribution is -0.154. The molecule has 0 aromatic heterocycles. The fourth-order valence-electron chi connectivity index (χ4n) is 2.89. The Hall–Kier alpha value is -0.580. The molecule has 2 nitrogen and oxygen atoms in total. The van der Waals surface area contributed by atoms with Crippen LogP contribution in [-0.4, -0.2) is 24.0 Å². The van der Waals surface area contributed by atoms with Crippen LogP contribution in [0.15, 0.2) is 0 Å². The summed E-state index contributed by atoms with van der Waals surface area (Å²) in [6.07, 6.45) is -1.59. The number of hydrogen-bond donors (Lipinski definition) is 1. The van der Waals surface area contributed by atoms with Gasteiger partial charge >= 0.3 is 6.18 Å². The van der Waals surface area contributed by atoms with Gasteiger partial charge in [0.2, 0.25) is 0 Å². The van der Waals surface area contributed by atoms with Crippen LogP contribution in [0, 0.1) is 5.41 Å². The molecule has 1 aliphatic carbocycles. The predicted molar refractivity (Wildman–Crippen MR) is 53.0 cm³/mol. The van der Waals surface area contributed by atoms with Crippen molar-refractivity contribution in [3.63, 3.8) is 0 Å². The molecule has 92 valence electrons. The Morgan fingerprint density at radius 3 is 2.69 bits per heavy atom. The van der Waals surface area contributed by atoms with E-state index in [-0.39, 0.29) is 18.2 Å². The number of carbonyl (C=O) groups is 1. The molecule has 2 fully saturated rings. The van der Waals surface area contributed by atoms with Gasteiger partial charge in [-0.05, 0) is 19.3 Å². The molecule has 0 radical (unpaired) electrons. The van der Waals surface area contributed by atoms with Gasteiger partial charge in [-0.3, -0.25) is 4.79 Å². The molecule has 1 aliphatic heterocycles. The molecule has 0 bridgehead atoms. The number of halogens is 3. The largest absolute Gasteiger partial charge is 0.403 e. The molecule has 3 atom stereocenters. The summed E-state index contributed by atoms with van der Waals surface area (Å²) in [5, 5.41) is 2.60. The van der Waals surface area contributed by atoms with E-state index in [0.717, 1.165) is 12.8 Å². The number of carbonyl (C=O) groups excluding carboxylic acids is 1. The maximum Gasteiger partial charge on any atom is 0.403 e. The molecular formula is C11H16F3NO. The Labute approximate surface area is 92.6 Å². The third kappa shape index (κ3) is 1.85. The Balaban J connectivity index is 2.21. The van der Waals surface area contributed by atoms with Crippen LogP contribution in [0.5, 0.6) is 0 Å². The van der Waals surface area contributed by atoms with Gasteiger partial charge in [0.25, 0.3) is 0 Å². The zero-order valence-electron chi connectivity index (χ0n) is 9.23. The van der Waals surface area contributed by atoms with Crippen molar-refractivity contribution in [3.05, 3.63) is 0 Å². The molecule has 0 aromatic carbocycles. The first-order chi connectivity index (χ1) is 7.34. The molecule has 5 heteroatoms. The molecule has 16 heavy (non-hydrogen) atoms. The standard InChI is InChI=1S/C11H16F3NO/c1-10-6-8(11(12,13)14)15-7(10)4-2-3-5-9(10)16/h7-8,15H,2-6H2,1H3/t7-,8-,10-/m0/s1. The van der Waals surface area contributed by atoms with Gasteiger partial charge < -0.3 is 5.32 Å². The average molecular weight is 235 g/mol. The van der Waals surface area contributed by atoms with Crippen LogP contribution in [0.25, 0.3) is 0 Å². The number of nitrogens with one attached hydrogen (secondary N) is 1. The van der Waals surface area contributed by atoms with Crippen molar-refractivity contribution in [1.29, 1.82) is 0 Å². The van der Waals surface area contributed by atoms with Gasteiger partial charge in [0, 0.05) is 17.9 Å². The van der Waals surface area contributed by atoms with Crippen LogP contribution < -0.4 is 5.32 Å². The number of alkyl halides is 3. The van der Waals surface area contributed by atoms with Crippen LogP contribution in [0.4, 0.5) is 13.2 Å². The van der Waals surface area contributed by atoms with E-state index in [4.69, 9.17) is 0 Å². The highest BCUT2D eigenvalue weighted by molar-refractivity contribution is 5.86. The first-order valence-corrected chi connectivity index (χ1v) is 5.70. The molecular weight excluding hydrogens is 219 g/mol. The van der Waals surface area contributed by atoms with Crippen molar-refractivity contribution >= 4 is 5.78 Å². The highest BCUT2D eigenvalue weighted by atomic mass is 19.4. The van der Waals surface area contributed by atoms with Gasteiger partial charge in [0.05, 0.1) is 0 Å². The van der Waals surface area contributed by atoms with Crippen molar-refractivity contribution in [2.24, 2.45) is 5.41 Å². The average Bonchev–Trinajstić information content (AvgIpc) is 2.45. The summed E-state index contributed by atoms with van der Waals surface area (Å²) in [4.78, 5) is 11.9. The number of fused-ring (bicyclic) bond motifs is 1. The smallest absolute Gasteiger partial charge is 0.302 e. The lowest BCUT2D eigenvalue weighted by Gasteiger charge is -2.26. The topological polar surface area (TPSA) is 29.1 Å². The van der Waals surface area contributed by atoms with E-state index in [0.29, 0.717) is 12.8 Å². The number of ketones is 1. The molecule has 1 saturated carbocycles. The number of hydrogen-bond acceptors (Lipinski definition) is 2. The third-order valence-electron chi connectivity index (χ3n) is 3.98. The molecule has 0 aromatic rings. The van der Waals surface area contributed by atoms with Crippen LogP contribution >= 0.6 is 0 Å². The first kappa shape index (κ1) is 11.9. The predicted octanol–water partition coefficient (Wildman–Crippen LogP) is 2.43. The lowest BCUT2D eigenvalue weighted by Crippen LogP contribution is -2.42. The minimum atomic E-state index is -4.24. The molecule has 1 heterocycles. The van der Waals surface area contributed by atoms with Crippen molar-refractivity contribution < 1.29 is 18.0 Å². The quantitative estimate of drug-likeness (QED) is 0.698. The SMILES string of the molecule is C[C@]12C[C@@H](C(F)(F)F)N[C@H]1CCCCC2=O. The second kappa shape index (κ2) is 3.72. The summed E-state index contributed by atoms with van der Waals surface area (Å²) in [5.74, 6) is -0.00532. The van der Waals surface area contributed by atoms with E-state index >= 15 is 0 Å². The summed E-state index contributed by atoms with van der Waals surface area (Å²) in [6, 6.07) is -1.81. The van der Waals surface area contributed by atoms with Gasteiger partial charge in [0.1, 0.15) is 11.8 Å². The van der Waals surface area contributed by atoms with Crippen molar-refractivity contribution in [1.82, 2.24) is 5.32 Å². The van der Waals surface area contributed by atoms with Gasteiger partial charge in [-0.15, -0.1) is 0 Å². The summed E-state index contributed by atoms with van der Waals surface area (Å²) >= 11 is 0. The monoisotopic (exact) mass is 235 g/mol. The van der Waals surface area contributed by atoms with Gasteiger partial charge in [-0.2, -0.15) is 13.2 Å². The van der Waals surface area contributed by atoms with E-state index in [9.17, 15) is 18.0 Å². The van der Waals surface area contributed by atoms with E-state index in [1.807, 2.05) is 0 Å². The van der Waals surface area contributed by atoms with E-state index < -0.39 is 17.6 Å². The fraction of sp³-hybridized carbons (Fsp3) is 0.909. The number of Topliss-reactive ketones (excluding diaryl/α,β-unsaturated/α-hetero) is 1. The van der Waals surface area contributed by atoms with Crippen molar-refractivity contribution in [2.45, 2.75) is 57.3 Å². The zero-order chi connectivity index (χ0) is 12.0. The second-order valence-electron chi connectivity index (χ2n) is 5.10. The van der Waals surface area contributed by atoms with Crippen molar-refractivity contribution in [2.75, 3.05) is 0 Å². The lowest BCUT2D eigenvalue weighted by atomic mass is 9.77. The van der Waals surface area contributed by atoms with Crippen LogP contribution in [0.1, 0.15) is 39.0 Å². The van der Waals surface area contributed by atoms with Crippen LogP contribution in [0.2, 0.25) is 0 Å². The Bertz CT molecular complexity index is 302. The molecule has 0 unspecified atom stereocenters. The van der Waals surface area contributed by atoms with E-state index in [1.54, 1.807) is 6.92 Å². The highest BCUT2D eigenvalue weighted by Gasteiger charge is 2.56. The number of rotatable bonds is 0. The molecule has 2 rings (SSSR count). The molecule has 2 aliphatic rings. The Kier molecular flexibility index (Phi) is 2.77. The first-order valence-electron chi connectivity index (χ1n) is 5.70. The van der Waals surface area contributed by atoms with Gasteiger partial charge in [0.15, 0.2) is 0 Å². The molecule has 0 spiro atoms. The molecule has 1 saturated heterocycles. The maximum atomic E-state index is 12.6. The third-order valence-corrected chi connectivity index (χ3v) is 3.98. The highest BCUT2D eigenvalue weighted by Crippen LogP contribution is 2.44. The molecule has 0 amide bonds. The van der Waals surface area contributed by atoms with E-state index in [2.05, 4.69) is 5.32 Å². The van der Waals surface area contributed by atoms with E-state index in [1.165, 1.54) is 0 Å². The summed E-state index contributed by atoms with van der Waals surface area (Å²) < 4.78 is 37.9. The Morgan fingerprint density at radius 1 is 1.38 bits per heavy atom. The summed E-state index contributed by atoms with van der Waals surface area (Å²) in [6.45, 7) is 1.68. The Morgan fingerprint density at radius 2 is 2.06 bits per heavy atom. The van der Waals surface area contributed by atoms with Crippen molar-refractivity contribution in [3.8, 4) is 0 Å². The zero-order valence-corrected chi connectivity index (χ0v) is 9.23. The van der Waals surface area contributed by atoms with Crippen LogP contribution in [0.3, 0.4) is 0 Å². The minimum Gasteiger partial charge on any atom is -0.302 e. The van der Waals surface area contributed by atoms with Gasteiger partial charge in [-0.1, -0.05) is 13.3 Å². The minimum absolute atomic E-state index is 0.00532.